The number of ether oxygens (including phenoxy) is 2. The third kappa shape index (κ3) is 5.49. The van der Waals surface area contributed by atoms with Crippen LogP contribution in [0.1, 0.15) is 30.6 Å². The van der Waals surface area contributed by atoms with Crippen molar-refractivity contribution in [3.63, 3.8) is 0 Å². The smallest absolute Gasteiger partial charge is 0.260 e. The van der Waals surface area contributed by atoms with Gasteiger partial charge in [0.15, 0.2) is 5.13 Å². The number of fused-ring (bicyclic) bond motifs is 1. The van der Waals surface area contributed by atoms with Crippen molar-refractivity contribution in [3.8, 4) is 11.5 Å². The first-order valence-corrected chi connectivity index (χ1v) is 11.1. The second kappa shape index (κ2) is 10.4. The fourth-order valence-electron chi connectivity index (χ4n) is 3.11. The number of amides is 1. The number of carbonyl (C=O) groups is 1. The van der Waals surface area contributed by atoms with Gasteiger partial charge in [-0.05, 0) is 83.4 Å². The van der Waals surface area contributed by atoms with E-state index in [-0.39, 0.29) is 5.91 Å². The molecule has 3 aromatic rings. The molecule has 0 unspecified atom stereocenters. The zero-order chi connectivity index (χ0) is 21.5. The molecule has 0 aliphatic carbocycles. The van der Waals surface area contributed by atoms with Gasteiger partial charge in [-0.2, -0.15) is 0 Å². The largest absolute Gasteiger partial charge is 0.494 e. The molecule has 30 heavy (non-hydrogen) atoms. The van der Waals surface area contributed by atoms with Gasteiger partial charge >= 0.3 is 0 Å². The average molecular weight is 428 g/mol. The Morgan fingerprint density at radius 2 is 1.63 bits per heavy atom. The minimum Gasteiger partial charge on any atom is -0.494 e. The van der Waals surface area contributed by atoms with Gasteiger partial charge in [-0.1, -0.05) is 11.3 Å². The van der Waals surface area contributed by atoms with E-state index in [1.165, 1.54) is 11.3 Å². The van der Waals surface area contributed by atoms with Crippen molar-refractivity contribution >= 4 is 32.6 Å². The molecule has 0 saturated heterocycles. The highest BCUT2D eigenvalue weighted by Gasteiger charge is 2.21. The first kappa shape index (κ1) is 22.1. The predicted molar refractivity (Wildman–Crippen MR) is 123 cm³/mol. The lowest BCUT2D eigenvalue weighted by Crippen LogP contribution is -2.33. The first-order chi connectivity index (χ1) is 14.5. The van der Waals surface area contributed by atoms with Crippen LogP contribution >= 0.6 is 11.3 Å². The number of benzene rings is 2. The fraction of sp³-hybridized carbons (Fsp3) is 0.391. The van der Waals surface area contributed by atoms with E-state index in [2.05, 4.69) is 4.90 Å². The number of hydrogen-bond acceptors (Lipinski definition) is 6. The molecular weight excluding hydrogens is 398 g/mol. The third-order valence-electron chi connectivity index (χ3n) is 4.53. The summed E-state index contributed by atoms with van der Waals surface area (Å²) in [6.45, 7) is 6.61. The lowest BCUT2D eigenvalue weighted by Gasteiger charge is -2.21. The van der Waals surface area contributed by atoms with Crippen LogP contribution in [-0.4, -0.2) is 56.2 Å². The lowest BCUT2D eigenvalue weighted by molar-refractivity contribution is 0.0986. The quantitative estimate of drug-likeness (QED) is 0.470. The van der Waals surface area contributed by atoms with Crippen LogP contribution in [0.3, 0.4) is 0 Å². The molecule has 0 saturated carbocycles. The van der Waals surface area contributed by atoms with E-state index in [1.54, 1.807) is 4.90 Å². The molecule has 0 bridgehead atoms. The standard InChI is InChI=1S/C23H29N3O3S/c1-5-28-18-10-8-17(9-11-18)22(27)26(15-7-14-25(3)4)23-24-20-13-12-19(29-6-2)16-21(20)30-23/h8-13,16H,5-7,14-15H2,1-4H3. The summed E-state index contributed by atoms with van der Waals surface area (Å²) in [4.78, 5) is 22.0. The van der Waals surface area contributed by atoms with Crippen LogP contribution in [0.2, 0.25) is 0 Å². The Balaban J connectivity index is 1.89. The highest BCUT2D eigenvalue weighted by Crippen LogP contribution is 2.32. The molecule has 0 N–H and O–H groups in total. The number of carbonyl (C=O) groups excluding carboxylic acids is 1. The van der Waals surface area contributed by atoms with Gasteiger partial charge in [-0.25, -0.2) is 4.98 Å². The van der Waals surface area contributed by atoms with E-state index in [0.29, 0.717) is 30.5 Å². The number of rotatable bonds is 10. The Morgan fingerprint density at radius 3 is 2.30 bits per heavy atom. The summed E-state index contributed by atoms with van der Waals surface area (Å²) in [6.07, 6.45) is 0.857. The number of hydrogen-bond donors (Lipinski definition) is 0. The summed E-state index contributed by atoms with van der Waals surface area (Å²) in [5, 5.41) is 0.705. The second-order valence-corrected chi connectivity index (χ2v) is 8.14. The van der Waals surface area contributed by atoms with Gasteiger partial charge in [0.2, 0.25) is 0 Å². The van der Waals surface area contributed by atoms with Gasteiger partial charge in [0.1, 0.15) is 11.5 Å². The van der Waals surface area contributed by atoms with Crippen molar-refractivity contribution in [1.82, 2.24) is 9.88 Å². The number of aromatic nitrogens is 1. The summed E-state index contributed by atoms with van der Waals surface area (Å²) in [7, 11) is 4.07. The molecule has 0 radical (unpaired) electrons. The summed E-state index contributed by atoms with van der Waals surface area (Å²) in [5.74, 6) is 1.52. The third-order valence-corrected chi connectivity index (χ3v) is 5.58. The molecule has 0 fully saturated rings. The van der Waals surface area contributed by atoms with Gasteiger partial charge in [-0.3, -0.25) is 9.69 Å². The summed E-state index contributed by atoms with van der Waals surface area (Å²) in [6, 6.07) is 13.1. The molecule has 2 aromatic carbocycles. The minimum absolute atomic E-state index is 0.0547. The Labute approximate surface area is 182 Å². The van der Waals surface area contributed by atoms with E-state index < -0.39 is 0 Å². The Kier molecular flexibility index (Phi) is 7.65. The second-order valence-electron chi connectivity index (χ2n) is 7.13. The maximum atomic E-state index is 13.3. The summed E-state index contributed by atoms with van der Waals surface area (Å²) >= 11 is 1.51. The number of anilines is 1. The molecular formula is C23H29N3O3S. The molecule has 3 rings (SSSR count). The topological polar surface area (TPSA) is 54.9 Å². The van der Waals surface area contributed by atoms with Gasteiger partial charge in [0.05, 0.1) is 23.4 Å². The highest BCUT2D eigenvalue weighted by atomic mass is 32.1. The van der Waals surface area contributed by atoms with Crippen LogP contribution in [0.4, 0.5) is 5.13 Å². The Morgan fingerprint density at radius 1 is 0.967 bits per heavy atom. The molecule has 6 nitrogen and oxygen atoms in total. The van der Waals surface area contributed by atoms with Crippen molar-refractivity contribution in [1.29, 1.82) is 0 Å². The van der Waals surface area contributed by atoms with Crippen LogP contribution in [0.25, 0.3) is 10.2 Å². The van der Waals surface area contributed by atoms with Gasteiger partial charge in [-0.15, -0.1) is 0 Å². The first-order valence-electron chi connectivity index (χ1n) is 10.2. The lowest BCUT2D eigenvalue weighted by atomic mass is 10.2. The van der Waals surface area contributed by atoms with Crippen LogP contribution in [-0.2, 0) is 0 Å². The van der Waals surface area contributed by atoms with Gasteiger partial charge in [0.25, 0.3) is 5.91 Å². The van der Waals surface area contributed by atoms with Crippen LogP contribution in [0.15, 0.2) is 42.5 Å². The van der Waals surface area contributed by atoms with Gasteiger partial charge in [0, 0.05) is 12.1 Å². The predicted octanol–water partition coefficient (Wildman–Crippen LogP) is 4.69. The van der Waals surface area contributed by atoms with Crippen molar-refractivity contribution < 1.29 is 14.3 Å². The van der Waals surface area contributed by atoms with E-state index >= 15 is 0 Å². The maximum absolute atomic E-state index is 13.3. The summed E-state index contributed by atoms with van der Waals surface area (Å²) in [5.41, 5.74) is 1.49. The van der Waals surface area contributed by atoms with Crippen LogP contribution in [0, 0.1) is 0 Å². The number of nitrogens with zero attached hydrogens (tertiary/aromatic N) is 3. The SMILES string of the molecule is CCOc1ccc(C(=O)N(CCCN(C)C)c2nc3ccc(OCC)cc3s2)cc1. The normalized spacial score (nSPS) is 11.1. The minimum atomic E-state index is -0.0547. The maximum Gasteiger partial charge on any atom is 0.260 e. The van der Waals surface area contributed by atoms with Crippen molar-refractivity contribution in [2.75, 3.05) is 45.3 Å². The Bertz CT molecular complexity index is 969. The molecule has 0 atom stereocenters. The molecule has 160 valence electrons. The zero-order valence-electron chi connectivity index (χ0n) is 18.1. The molecule has 1 amide bonds. The summed E-state index contributed by atoms with van der Waals surface area (Å²) < 4.78 is 12.1. The average Bonchev–Trinajstić information content (AvgIpc) is 3.14. The van der Waals surface area contributed by atoms with E-state index in [9.17, 15) is 4.79 Å². The van der Waals surface area contributed by atoms with E-state index in [1.807, 2.05) is 70.4 Å². The van der Waals surface area contributed by atoms with Gasteiger partial charge < -0.3 is 14.4 Å². The highest BCUT2D eigenvalue weighted by molar-refractivity contribution is 7.22. The van der Waals surface area contributed by atoms with Crippen molar-refractivity contribution in [2.45, 2.75) is 20.3 Å². The van der Waals surface area contributed by atoms with Crippen LogP contribution < -0.4 is 14.4 Å². The molecule has 0 aliphatic rings. The van der Waals surface area contributed by atoms with E-state index in [4.69, 9.17) is 14.5 Å². The fourth-order valence-corrected chi connectivity index (χ4v) is 4.13. The zero-order valence-corrected chi connectivity index (χ0v) is 18.9. The van der Waals surface area contributed by atoms with Crippen molar-refractivity contribution in [2.24, 2.45) is 0 Å². The molecule has 7 heteroatoms. The molecule has 1 aromatic heterocycles. The monoisotopic (exact) mass is 427 g/mol. The molecule has 1 heterocycles. The molecule has 0 aliphatic heterocycles. The Hall–Kier alpha value is -2.64. The van der Waals surface area contributed by atoms with Crippen LogP contribution in [0.5, 0.6) is 11.5 Å². The number of thiazole rings is 1. The van der Waals surface area contributed by atoms with Crippen molar-refractivity contribution in [3.05, 3.63) is 48.0 Å². The van der Waals surface area contributed by atoms with E-state index in [0.717, 1.165) is 34.7 Å². The molecule has 0 spiro atoms.